The molecule has 1 aromatic carbocycles. The Morgan fingerprint density at radius 2 is 2.04 bits per heavy atom. The van der Waals surface area contributed by atoms with Gasteiger partial charge in [0.15, 0.2) is 0 Å². The van der Waals surface area contributed by atoms with Crippen molar-refractivity contribution in [1.29, 1.82) is 0 Å². The van der Waals surface area contributed by atoms with E-state index in [-0.39, 0.29) is 28.5 Å². The predicted molar refractivity (Wildman–Crippen MR) is 101 cm³/mol. The standard InChI is InChI=1S/C18H25ClFNO3S/c1-5-7-15(18(23)24-4)25-16-10-14(13(20)9-12(16)19)21-17(22)8-11(3)6-2/h9-11,15H,5-8H2,1-4H3,(H,21,22). The van der Waals surface area contributed by atoms with E-state index in [1.54, 1.807) is 0 Å². The van der Waals surface area contributed by atoms with E-state index in [9.17, 15) is 14.0 Å². The van der Waals surface area contributed by atoms with Gasteiger partial charge in [0, 0.05) is 11.3 Å². The minimum absolute atomic E-state index is 0.0697. The third-order valence-electron chi connectivity index (χ3n) is 3.81. The van der Waals surface area contributed by atoms with Crippen LogP contribution < -0.4 is 5.32 Å². The van der Waals surface area contributed by atoms with Gasteiger partial charge in [0.1, 0.15) is 11.1 Å². The summed E-state index contributed by atoms with van der Waals surface area (Å²) in [5.41, 5.74) is 0.0697. The largest absolute Gasteiger partial charge is 0.468 e. The Bertz CT molecular complexity index is 612. The van der Waals surface area contributed by atoms with Crippen molar-refractivity contribution < 1.29 is 18.7 Å². The molecule has 0 saturated heterocycles. The first-order valence-corrected chi connectivity index (χ1v) is 9.61. The molecule has 1 aromatic rings. The summed E-state index contributed by atoms with van der Waals surface area (Å²) in [6.45, 7) is 5.92. The van der Waals surface area contributed by atoms with Gasteiger partial charge in [-0.3, -0.25) is 9.59 Å². The maximum atomic E-state index is 14.1. The van der Waals surface area contributed by atoms with Crippen LogP contribution in [-0.4, -0.2) is 24.2 Å². The molecule has 0 aliphatic carbocycles. The van der Waals surface area contributed by atoms with Crippen LogP contribution in [0.1, 0.15) is 46.5 Å². The number of amides is 1. The topological polar surface area (TPSA) is 55.4 Å². The molecule has 0 saturated carbocycles. The summed E-state index contributed by atoms with van der Waals surface area (Å²) in [5, 5.41) is 2.36. The van der Waals surface area contributed by atoms with Crippen LogP contribution in [0.5, 0.6) is 0 Å². The quantitative estimate of drug-likeness (QED) is 0.460. The lowest BCUT2D eigenvalue weighted by atomic mass is 10.1. The minimum atomic E-state index is -0.600. The van der Waals surface area contributed by atoms with Gasteiger partial charge < -0.3 is 10.1 Å². The van der Waals surface area contributed by atoms with Gasteiger partial charge in [-0.1, -0.05) is 45.2 Å². The summed E-state index contributed by atoms with van der Waals surface area (Å²) >= 11 is 7.33. The first-order valence-electron chi connectivity index (χ1n) is 8.35. The van der Waals surface area contributed by atoms with Gasteiger partial charge in [-0.05, 0) is 24.5 Å². The highest BCUT2D eigenvalue weighted by atomic mass is 35.5. The molecular weight excluding hydrogens is 365 g/mol. The zero-order chi connectivity index (χ0) is 19.0. The van der Waals surface area contributed by atoms with E-state index in [2.05, 4.69) is 5.32 Å². The molecule has 0 fully saturated rings. The van der Waals surface area contributed by atoms with Crippen LogP contribution in [-0.2, 0) is 14.3 Å². The molecule has 1 rings (SSSR count). The monoisotopic (exact) mass is 389 g/mol. The number of benzene rings is 1. The van der Waals surface area contributed by atoms with Crippen molar-refractivity contribution in [2.24, 2.45) is 5.92 Å². The number of hydrogen-bond acceptors (Lipinski definition) is 4. The fourth-order valence-electron chi connectivity index (χ4n) is 2.15. The highest BCUT2D eigenvalue weighted by Gasteiger charge is 2.22. The van der Waals surface area contributed by atoms with E-state index < -0.39 is 11.1 Å². The Morgan fingerprint density at radius 3 is 2.60 bits per heavy atom. The van der Waals surface area contributed by atoms with Gasteiger partial charge in [-0.2, -0.15) is 0 Å². The SMILES string of the molecule is CCCC(Sc1cc(NC(=O)CC(C)CC)c(F)cc1Cl)C(=O)OC. The van der Waals surface area contributed by atoms with Gasteiger partial charge in [0.2, 0.25) is 5.91 Å². The van der Waals surface area contributed by atoms with Crippen LogP contribution in [0.4, 0.5) is 10.1 Å². The van der Waals surface area contributed by atoms with Gasteiger partial charge >= 0.3 is 5.97 Å². The Labute approximate surface area is 157 Å². The van der Waals surface area contributed by atoms with Crippen LogP contribution in [0.15, 0.2) is 17.0 Å². The molecule has 2 atom stereocenters. The molecule has 0 heterocycles. The summed E-state index contributed by atoms with van der Waals surface area (Å²) in [6.07, 6.45) is 2.60. The van der Waals surface area contributed by atoms with Gasteiger partial charge in [0.25, 0.3) is 0 Å². The summed E-state index contributed by atoms with van der Waals surface area (Å²) < 4.78 is 18.9. The average molecular weight is 390 g/mol. The molecule has 0 aromatic heterocycles. The smallest absolute Gasteiger partial charge is 0.319 e. The molecule has 0 radical (unpaired) electrons. The number of anilines is 1. The van der Waals surface area contributed by atoms with Crippen molar-refractivity contribution in [1.82, 2.24) is 0 Å². The lowest BCUT2D eigenvalue weighted by molar-refractivity contribution is -0.140. The van der Waals surface area contributed by atoms with Crippen LogP contribution in [0.2, 0.25) is 5.02 Å². The number of methoxy groups -OCH3 is 1. The van der Waals surface area contributed by atoms with Gasteiger partial charge in [0.05, 0.1) is 17.8 Å². The van der Waals surface area contributed by atoms with Crippen molar-refractivity contribution >= 4 is 40.9 Å². The Balaban J connectivity index is 2.98. The van der Waals surface area contributed by atoms with E-state index in [1.165, 1.54) is 24.9 Å². The number of hydrogen-bond donors (Lipinski definition) is 1. The van der Waals surface area contributed by atoms with Gasteiger partial charge in [-0.25, -0.2) is 4.39 Å². The molecule has 25 heavy (non-hydrogen) atoms. The number of carbonyl (C=O) groups excluding carboxylic acids is 2. The number of carbonyl (C=O) groups is 2. The normalized spacial score (nSPS) is 13.2. The third kappa shape index (κ3) is 6.86. The number of ether oxygens (including phenoxy) is 1. The fourth-order valence-corrected chi connectivity index (χ4v) is 3.64. The number of esters is 1. The number of halogens is 2. The van der Waals surface area contributed by atoms with Crippen LogP contribution in [0.25, 0.3) is 0 Å². The molecule has 4 nitrogen and oxygen atoms in total. The van der Waals surface area contributed by atoms with Crippen molar-refractivity contribution in [2.45, 2.75) is 56.6 Å². The van der Waals surface area contributed by atoms with Gasteiger partial charge in [-0.15, -0.1) is 11.8 Å². The Kier molecular flexibility index (Phi) is 9.28. The van der Waals surface area contributed by atoms with Crippen molar-refractivity contribution in [3.05, 3.63) is 23.0 Å². The van der Waals surface area contributed by atoms with Crippen LogP contribution in [0, 0.1) is 11.7 Å². The van der Waals surface area contributed by atoms with E-state index in [0.29, 0.717) is 17.7 Å². The van der Waals surface area contributed by atoms with Crippen molar-refractivity contribution in [3.63, 3.8) is 0 Å². The average Bonchev–Trinajstić information content (AvgIpc) is 2.57. The van der Waals surface area contributed by atoms with Crippen LogP contribution >= 0.6 is 23.4 Å². The molecule has 0 spiro atoms. The first kappa shape index (κ1) is 21.8. The summed E-state index contributed by atoms with van der Waals surface area (Å²) in [7, 11) is 1.33. The predicted octanol–water partition coefficient (Wildman–Crippen LogP) is 5.29. The summed E-state index contributed by atoms with van der Waals surface area (Å²) in [4.78, 5) is 24.4. The highest BCUT2D eigenvalue weighted by Crippen LogP contribution is 2.36. The number of rotatable bonds is 9. The lowest BCUT2D eigenvalue weighted by Gasteiger charge is -2.16. The van der Waals surface area contributed by atoms with E-state index in [1.807, 2.05) is 20.8 Å². The maximum absolute atomic E-state index is 14.1. The molecule has 7 heteroatoms. The zero-order valence-electron chi connectivity index (χ0n) is 15.0. The molecule has 1 N–H and O–H groups in total. The Morgan fingerprint density at radius 1 is 1.36 bits per heavy atom. The lowest BCUT2D eigenvalue weighted by Crippen LogP contribution is -2.19. The van der Waals surface area contributed by atoms with E-state index >= 15 is 0 Å². The summed E-state index contributed by atoms with van der Waals surface area (Å²) in [5.74, 6) is -0.978. The van der Waals surface area contributed by atoms with Crippen molar-refractivity contribution in [2.75, 3.05) is 12.4 Å². The molecule has 140 valence electrons. The third-order valence-corrected chi connectivity index (χ3v) is 5.54. The summed E-state index contributed by atoms with van der Waals surface area (Å²) in [6, 6.07) is 2.63. The number of nitrogens with one attached hydrogen (secondary N) is 1. The zero-order valence-corrected chi connectivity index (χ0v) is 16.6. The van der Waals surface area contributed by atoms with E-state index in [0.717, 1.165) is 18.9 Å². The molecular formula is C18H25ClFNO3S. The fraction of sp³-hybridized carbons (Fsp3) is 0.556. The minimum Gasteiger partial charge on any atom is -0.468 e. The molecule has 0 bridgehead atoms. The molecule has 0 aliphatic rings. The molecule has 1 amide bonds. The highest BCUT2D eigenvalue weighted by molar-refractivity contribution is 8.00. The second kappa shape index (κ2) is 10.7. The first-order chi connectivity index (χ1) is 11.8. The second-order valence-electron chi connectivity index (χ2n) is 5.95. The van der Waals surface area contributed by atoms with Crippen molar-refractivity contribution in [3.8, 4) is 0 Å². The molecule has 0 aliphatic heterocycles. The van der Waals surface area contributed by atoms with Crippen LogP contribution in [0.3, 0.4) is 0 Å². The van der Waals surface area contributed by atoms with E-state index in [4.69, 9.17) is 16.3 Å². The second-order valence-corrected chi connectivity index (χ2v) is 7.60. The number of thioether (sulfide) groups is 1. The molecule has 2 unspecified atom stereocenters. The maximum Gasteiger partial charge on any atom is 0.319 e. The Hall–Kier alpha value is -1.27.